The highest BCUT2D eigenvalue weighted by atomic mass is 15.0. The van der Waals surface area contributed by atoms with E-state index in [2.05, 4.69) is 67.1 Å². The monoisotopic (exact) mass is 270 g/mol. The third-order valence-electron chi connectivity index (χ3n) is 3.97. The molecule has 20 heavy (non-hydrogen) atoms. The number of hydrogen-bond donors (Lipinski definition) is 1. The Bertz CT molecular complexity index is 526. The van der Waals surface area contributed by atoms with E-state index >= 15 is 0 Å². The van der Waals surface area contributed by atoms with E-state index in [1.165, 1.54) is 28.9 Å². The average molecular weight is 270 g/mol. The van der Waals surface area contributed by atoms with Crippen molar-refractivity contribution in [2.75, 3.05) is 6.54 Å². The van der Waals surface area contributed by atoms with E-state index in [-0.39, 0.29) is 0 Å². The minimum atomic E-state index is 0.981. The Hall–Kier alpha value is -1.54. The zero-order chi connectivity index (χ0) is 14.4. The quantitative estimate of drug-likeness (QED) is 0.756. The highest BCUT2D eigenvalue weighted by molar-refractivity contribution is 5.26. The van der Waals surface area contributed by atoms with Crippen LogP contribution in [0.2, 0.25) is 0 Å². The van der Waals surface area contributed by atoms with Gasteiger partial charge in [0.15, 0.2) is 0 Å². The third-order valence-corrected chi connectivity index (χ3v) is 3.97. The molecular weight excluding hydrogens is 244 g/mol. The molecule has 2 nitrogen and oxygen atoms in total. The maximum absolute atomic E-state index is 3.56. The highest BCUT2D eigenvalue weighted by Gasteiger charge is 2.06. The van der Waals surface area contributed by atoms with Crippen LogP contribution in [-0.4, -0.2) is 11.1 Å². The van der Waals surface area contributed by atoms with Crippen molar-refractivity contribution in [3.63, 3.8) is 0 Å². The maximum Gasteiger partial charge on any atom is 0.0223 e. The Labute approximate surface area is 122 Å². The van der Waals surface area contributed by atoms with Crippen molar-refractivity contribution in [1.82, 2.24) is 9.88 Å². The molecule has 108 valence electrons. The fourth-order valence-corrected chi connectivity index (χ4v) is 2.82. The largest absolute Gasteiger partial charge is 0.349 e. The van der Waals surface area contributed by atoms with E-state index in [1.807, 2.05) is 0 Å². The van der Waals surface area contributed by atoms with Gasteiger partial charge in [-0.1, -0.05) is 30.3 Å². The van der Waals surface area contributed by atoms with Gasteiger partial charge in [0.05, 0.1) is 0 Å². The standard InChI is InChI=1S/C18H26N2/c1-4-20-15(2)13-18(16(20)3)14-19-12-8-11-17-9-6-5-7-10-17/h5-7,9-10,13,19H,4,8,11-12,14H2,1-3H3. The Kier molecular flexibility index (Phi) is 5.42. The molecule has 0 atom stereocenters. The second-order valence-electron chi connectivity index (χ2n) is 5.41. The fraction of sp³-hybridized carbons (Fsp3) is 0.444. The number of aromatic nitrogens is 1. The summed E-state index contributed by atoms with van der Waals surface area (Å²) in [6.45, 7) is 9.73. The number of aryl methyl sites for hydroxylation is 2. The van der Waals surface area contributed by atoms with Crippen LogP contribution < -0.4 is 5.32 Å². The summed E-state index contributed by atoms with van der Waals surface area (Å²) in [5, 5.41) is 3.56. The van der Waals surface area contributed by atoms with Crippen LogP contribution in [0.15, 0.2) is 36.4 Å². The van der Waals surface area contributed by atoms with E-state index in [9.17, 15) is 0 Å². The zero-order valence-corrected chi connectivity index (χ0v) is 12.9. The van der Waals surface area contributed by atoms with Crippen LogP contribution in [0.25, 0.3) is 0 Å². The summed E-state index contributed by atoms with van der Waals surface area (Å²) in [6.07, 6.45) is 2.35. The van der Waals surface area contributed by atoms with Gasteiger partial charge in [0, 0.05) is 24.5 Å². The van der Waals surface area contributed by atoms with Crippen LogP contribution in [0.5, 0.6) is 0 Å². The van der Waals surface area contributed by atoms with Crippen LogP contribution in [0.4, 0.5) is 0 Å². The molecule has 0 spiro atoms. The van der Waals surface area contributed by atoms with E-state index in [1.54, 1.807) is 0 Å². The molecule has 1 aromatic heterocycles. The molecule has 1 heterocycles. The summed E-state index contributed by atoms with van der Waals surface area (Å²) in [5.41, 5.74) is 5.63. The van der Waals surface area contributed by atoms with Crippen molar-refractivity contribution in [1.29, 1.82) is 0 Å². The van der Waals surface area contributed by atoms with Crippen molar-refractivity contribution in [3.05, 3.63) is 58.9 Å². The predicted octanol–water partition coefficient (Wildman–Crippen LogP) is 3.85. The van der Waals surface area contributed by atoms with Gasteiger partial charge in [0.25, 0.3) is 0 Å². The molecule has 0 radical (unpaired) electrons. The molecule has 1 aromatic carbocycles. The molecule has 0 aliphatic carbocycles. The van der Waals surface area contributed by atoms with Gasteiger partial charge in [0.1, 0.15) is 0 Å². The lowest BCUT2D eigenvalue weighted by molar-refractivity contribution is 0.642. The van der Waals surface area contributed by atoms with Crippen LogP contribution in [-0.2, 0) is 19.5 Å². The first-order valence-electron chi connectivity index (χ1n) is 7.62. The lowest BCUT2D eigenvalue weighted by Gasteiger charge is -2.07. The molecule has 2 aromatic rings. The van der Waals surface area contributed by atoms with E-state index in [0.717, 1.165) is 26.1 Å². The number of benzene rings is 1. The van der Waals surface area contributed by atoms with Crippen molar-refractivity contribution in [2.45, 2.75) is 46.7 Å². The molecule has 0 unspecified atom stereocenters. The Morgan fingerprint density at radius 3 is 2.50 bits per heavy atom. The maximum atomic E-state index is 3.56. The van der Waals surface area contributed by atoms with Crippen LogP contribution in [0.3, 0.4) is 0 Å². The molecule has 0 saturated carbocycles. The number of hydrogen-bond acceptors (Lipinski definition) is 1. The van der Waals surface area contributed by atoms with Crippen molar-refractivity contribution < 1.29 is 0 Å². The Balaban J connectivity index is 1.74. The normalized spacial score (nSPS) is 10.9. The van der Waals surface area contributed by atoms with Crippen LogP contribution in [0, 0.1) is 13.8 Å². The van der Waals surface area contributed by atoms with Gasteiger partial charge in [-0.25, -0.2) is 0 Å². The molecule has 1 N–H and O–H groups in total. The topological polar surface area (TPSA) is 17.0 Å². The predicted molar refractivity (Wildman–Crippen MR) is 86.0 cm³/mol. The summed E-state index contributed by atoms with van der Waals surface area (Å²) < 4.78 is 2.38. The first-order chi connectivity index (χ1) is 9.72. The lowest BCUT2D eigenvalue weighted by atomic mass is 10.1. The second kappa shape index (κ2) is 7.30. The molecule has 0 saturated heterocycles. The van der Waals surface area contributed by atoms with Gasteiger partial charge in [-0.3, -0.25) is 0 Å². The number of nitrogens with zero attached hydrogens (tertiary/aromatic N) is 1. The summed E-state index contributed by atoms with van der Waals surface area (Å²) >= 11 is 0. The summed E-state index contributed by atoms with van der Waals surface area (Å²) in [6, 6.07) is 13.0. The average Bonchev–Trinajstić information content (AvgIpc) is 2.74. The molecular formula is C18H26N2. The Morgan fingerprint density at radius 1 is 1.10 bits per heavy atom. The molecule has 0 fully saturated rings. The minimum absolute atomic E-state index is 0.981. The molecule has 0 aliphatic heterocycles. The van der Waals surface area contributed by atoms with E-state index < -0.39 is 0 Å². The minimum Gasteiger partial charge on any atom is -0.349 e. The number of rotatable bonds is 7. The molecule has 2 rings (SSSR count). The zero-order valence-electron chi connectivity index (χ0n) is 12.9. The van der Waals surface area contributed by atoms with Crippen molar-refractivity contribution in [2.24, 2.45) is 0 Å². The first-order valence-corrected chi connectivity index (χ1v) is 7.62. The SMILES string of the molecule is CCn1c(C)cc(CNCCCc2ccccc2)c1C. The first kappa shape index (κ1) is 14.9. The van der Waals surface area contributed by atoms with Gasteiger partial charge in [-0.2, -0.15) is 0 Å². The van der Waals surface area contributed by atoms with Crippen molar-refractivity contribution in [3.8, 4) is 0 Å². The van der Waals surface area contributed by atoms with Crippen LogP contribution >= 0.6 is 0 Å². The van der Waals surface area contributed by atoms with Gasteiger partial charge in [-0.05, 0) is 57.4 Å². The van der Waals surface area contributed by atoms with Crippen molar-refractivity contribution >= 4 is 0 Å². The Morgan fingerprint density at radius 2 is 1.85 bits per heavy atom. The van der Waals surface area contributed by atoms with Gasteiger partial charge in [0.2, 0.25) is 0 Å². The molecule has 0 bridgehead atoms. The van der Waals surface area contributed by atoms with E-state index in [0.29, 0.717) is 0 Å². The van der Waals surface area contributed by atoms with Gasteiger partial charge < -0.3 is 9.88 Å². The van der Waals surface area contributed by atoms with Crippen LogP contribution in [0.1, 0.15) is 35.9 Å². The molecule has 2 heteroatoms. The third kappa shape index (κ3) is 3.73. The van der Waals surface area contributed by atoms with E-state index in [4.69, 9.17) is 0 Å². The fourth-order valence-electron chi connectivity index (χ4n) is 2.82. The molecule has 0 amide bonds. The summed E-state index contributed by atoms with van der Waals surface area (Å²) in [4.78, 5) is 0. The smallest absolute Gasteiger partial charge is 0.0223 e. The number of nitrogens with one attached hydrogen (secondary N) is 1. The lowest BCUT2D eigenvalue weighted by Crippen LogP contribution is -2.15. The molecule has 0 aliphatic rings. The van der Waals surface area contributed by atoms with Gasteiger partial charge >= 0.3 is 0 Å². The second-order valence-corrected chi connectivity index (χ2v) is 5.41. The highest BCUT2D eigenvalue weighted by Crippen LogP contribution is 2.14. The summed E-state index contributed by atoms with van der Waals surface area (Å²) in [5.74, 6) is 0. The summed E-state index contributed by atoms with van der Waals surface area (Å²) in [7, 11) is 0. The van der Waals surface area contributed by atoms with Gasteiger partial charge in [-0.15, -0.1) is 0 Å².